The van der Waals surface area contributed by atoms with Gasteiger partial charge < -0.3 is 20.5 Å². The Bertz CT molecular complexity index is 1400. The number of benzene rings is 3. The third-order valence-electron chi connectivity index (χ3n) is 9.23. The molecule has 3 aromatic carbocycles. The van der Waals surface area contributed by atoms with E-state index in [1.165, 1.54) is 5.56 Å². The molecule has 6 rings (SSSR count). The first-order valence-electron chi connectivity index (χ1n) is 14.9. The van der Waals surface area contributed by atoms with Crippen molar-refractivity contribution in [2.75, 3.05) is 19.7 Å². The summed E-state index contributed by atoms with van der Waals surface area (Å²) in [7, 11) is 0. The van der Waals surface area contributed by atoms with Crippen LogP contribution in [0, 0.1) is 5.92 Å². The van der Waals surface area contributed by atoms with E-state index in [2.05, 4.69) is 51.9 Å². The summed E-state index contributed by atoms with van der Waals surface area (Å²) in [6.45, 7) is 2.10. The number of alkyl carbamates (subject to hydrolysis) is 1. The molecule has 8 nitrogen and oxygen atoms in total. The fraction of sp³-hybridized carbons (Fsp3) is 0.382. The quantitative estimate of drug-likeness (QED) is 0.356. The molecule has 1 saturated heterocycles. The maximum Gasteiger partial charge on any atom is 0.407 e. The van der Waals surface area contributed by atoms with E-state index in [1.54, 1.807) is 0 Å². The number of carboxylic acids is 1. The number of hydrogen-bond acceptors (Lipinski definition) is 5. The fourth-order valence-corrected chi connectivity index (χ4v) is 6.89. The van der Waals surface area contributed by atoms with Gasteiger partial charge in [0.15, 0.2) is 0 Å². The fourth-order valence-electron chi connectivity index (χ4n) is 6.89. The Labute approximate surface area is 246 Å². The number of fused-ring (bicyclic) bond motifs is 3. The zero-order chi connectivity index (χ0) is 29.1. The monoisotopic (exact) mass is 567 g/mol. The van der Waals surface area contributed by atoms with Gasteiger partial charge in [0.25, 0.3) is 0 Å². The van der Waals surface area contributed by atoms with Crippen LogP contribution in [-0.2, 0) is 20.9 Å². The molecule has 2 aliphatic carbocycles. The van der Waals surface area contributed by atoms with Crippen LogP contribution in [0.2, 0.25) is 0 Å². The summed E-state index contributed by atoms with van der Waals surface area (Å²) in [6, 6.07) is 26.0. The summed E-state index contributed by atoms with van der Waals surface area (Å²) < 4.78 is 5.72. The van der Waals surface area contributed by atoms with Crippen molar-refractivity contribution in [3.8, 4) is 11.1 Å². The van der Waals surface area contributed by atoms with E-state index in [9.17, 15) is 19.5 Å². The number of amides is 2. The van der Waals surface area contributed by atoms with Crippen LogP contribution < -0.4 is 10.6 Å². The number of rotatable bonds is 8. The average Bonchev–Trinajstić information content (AvgIpc) is 3.60. The number of ether oxygens (including phenoxy) is 1. The second kappa shape index (κ2) is 12.0. The molecule has 8 heteroatoms. The lowest BCUT2D eigenvalue weighted by Gasteiger charge is -2.40. The molecule has 2 fully saturated rings. The molecule has 0 unspecified atom stereocenters. The van der Waals surface area contributed by atoms with E-state index in [0.717, 1.165) is 35.2 Å². The minimum absolute atomic E-state index is 0.0472. The third kappa shape index (κ3) is 5.63. The second-order valence-corrected chi connectivity index (χ2v) is 11.8. The van der Waals surface area contributed by atoms with Gasteiger partial charge in [0.2, 0.25) is 5.91 Å². The summed E-state index contributed by atoms with van der Waals surface area (Å²) in [5.41, 5.74) is 4.47. The number of carbonyl (C=O) groups excluding carboxylic acids is 2. The van der Waals surface area contributed by atoms with Gasteiger partial charge >= 0.3 is 12.1 Å². The Balaban J connectivity index is 1.04. The van der Waals surface area contributed by atoms with Gasteiger partial charge in [-0.3, -0.25) is 9.69 Å². The van der Waals surface area contributed by atoms with E-state index in [4.69, 9.17) is 4.74 Å². The van der Waals surface area contributed by atoms with Crippen LogP contribution in [0.25, 0.3) is 11.1 Å². The Morgan fingerprint density at radius 1 is 0.857 bits per heavy atom. The Kier molecular flexibility index (Phi) is 7.98. The van der Waals surface area contributed by atoms with Crippen LogP contribution in [0.15, 0.2) is 78.9 Å². The Hall–Kier alpha value is -4.17. The highest BCUT2D eigenvalue weighted by molar-refractivity contribution is 5.89. The van der Waals surface area contributed by atoms with Crippen molar-refractivity contribution in [3.05, 3.63) is 95.6 Å². The molecule has 3 aromatic rings. The summed E-state index contributed by atoms with van der Waals surface area (Å²) in [5.74, 6) is -1.86. The smallest absolute Gasteiger partial charge is 0.407 e. The van der Waals surface area contributed by atoms with Crippen molar-refractivity contribution in [2.24, 2.45) is 5.92 Å². The molecule has 3 aliphatic rings. The molecule has 2 atom stereocenters. The number of nitrogens with one attached hydrogen (secondary N) is 2. The number of piperidine rings is 1. The zero-order valence-corrected chi connectivity index (χ0v) is 23.6. The van der Waals surface area contributed by atoms with Gasteiger partial charge in [-0.2, -0.15) is 0 Å². The van der Waals surface area contributed by atoms with Gasteiger partial charge in [-0.1, -0.05) is 85.3 Å². The van der Waals surface area contributed by atoms with Crippen molar-refractivity contribution >= 4 is 18.0 Å². The standard InChI is InChI=1S/C34H37N3O5/c38-31(36-34(32(39)40)17-19-37(20-18-34)21-23-9-2-1-3-10-23)28-15-8-16-30(28)35-33(41)42-22-29-26-13-6-4-11-24(26)25-12-5-7-14-27(25)29/h1-7,9-14,28-30H,8,15-22H2,(H,35,41)(H,36,38)(H,39,40)/t28-,30+/m0/s1. The first-order valence-corrected chi connectivity index (χ1v) is 14.9. The molecule has 3 N–H and O–H groups in total. The molecule has 218 valence electrons. The maximum atomic E-state index is 13.4. The molecule has 42 heavy (non-hydrogen) atoms. The van der Waals surface area contributed by atoms with E-state index in [-0.39, 0.29) is 18.4 Å². The van der Waals surface area contributed by atoms with Crippen LogP contribution in [-0.4, -0.2) is 59.3 Å². The predicted molar refractivity (Wildman–Crippen MR) is 159 cm³/mol. The summed E-state index contributed by atoms with van der Waals surface area (Å²) >= 11 is 0. The van der Waals surface area contributed by atoms with Crippen LogP contribution in [0.3, 0.4) is 0 Å². The molecule has 0 spiro atoms. The van der Waals surface area contributed by atoms with Gasteiger partial charge in [0, 0.05) is 31.6 Å². The molecular formula is C34H37N3O5. The summed E-state index contributed by atoms with van der Waals surface area (Å²) in [4.78, 5) is 41.0. The highest BCUT2D eigenvalue weighted by Crippen LogP contribution is 2.44. The third-order valence-corrected chi connectivity index (χ3v) is 9.23. The molecule has 1 aliphatic heterocycles. The van der Waals surface area contributed by atoms with Gasteiger partial charge in [-0.15, -0.1) is 0 Å². The Morgan fingerprint density at radius 3 is 2.12 bits per heavy atom. The highest BCUT2D eigenvalue weighted by atomic mass is 16.5. The lowest BCUT2D eigenvalue weighted by molar-refractivity contribution is -0.151. The molecule has 0 bridgehead atoms. The largest absolute Gasteiger partial charge is 0.480 e. The molecule has 0 aromatic heterocycles. The van der Waals surface area contributed by atoms with Gasteiger partial charge in [-0.25, -0.2) is 9.59 Å². The summed E-state index contributed by atoms with van der Waals surface area (Å²) in [5, 5.41) is 16.0. The van der Waals surface area contributed by atoms with Crippen LogP contribution in [0.5, 0.6) is 0 Å². The van der Waals surface area contributed by atoms with E-state index < -0.39 is 29.6 Å². The number of nitrogens with zero attached hydrogens (tertiary/aromatic N) is 1. The maximum absolute atomic E-state index is 13.4. The average molecular weight is 568 g/mol. The number of carboxylic acid groups (broad SMARTS) is 1. The molecule has 2 amide bonds. The van der Waals surface area contributed by atoms with E-state index >= 15 is 0 Å². The molecular weight excluding hydrogens is 530 g/mol. The number of aliphatic carboxylic acids is 1. The predicted octanol–water partition coefficient (Wildman–Crippen LogP) is 4.93. The highest BCUT2D eigenvalue weighted by Gasteiger charge is 2.45. The second-order valence-electron chi connectivity index (χ2n) is 11.8. The lowest BCUT2D eigenvalue weighted by Crippen LogP contribution is -2.61. The molecule has 0 radical (unpaired) electrons. The first kappa shape index (κ1) is 28.0. The first-order chi connectivity index (χ1) is 20.4. The van der Waals surface area contributed by atoms with E-state index in [1.807, 2.05) is 42.5 Å². The lowest BCUT2D eigenvalue weighted by atomic mass is 9.86. The normalized spacial score (nSPS) is 21.2. The SMILES string of the molecule is O=C(N[C@@H]1CCC[C@@H]1C(=O)NC1(C(=O)O)CCN(Cc2ccccc2)CC1)OCC1c2ccccc2-c2ccccc21. The topological polar surface area (TPSA) is 108 Å². The zero-order valence-electron chi connectivity index (χ0n) is 23.6. The van der Waals surface area contributed by atoms with Crippen molar-refractivity contribution in [3.63, 3.8) is 0 Å². The van der Waals surface area contributed by atoms with Gasteiger partial charge in [-0.05, 0) is 53.5 Å². The number of likely N-dealkylation sites (tertiary alicyclic amines) is 1. The van der Waals surface area contributed by atoms with Crippen molar-refractivity contribution in [2.45, 2.75) is 56.1 Å². The van der Waals surface area contributed by atoms with Crippen molar-refractivity contribution in [1.29, 1.82) is 0 Å². The van der Waals surface area contributed by atoms with Crippen LogP contribution in [0.4, 0.5) is 4.79 Å². The number of carbonyl (C=O) groups is 3. The minimum atomic E-state index is -1.30. The number of hydrogen-bond donors (Lipinski definition) is 3. The summed E-state index contributed by atoms with van der Waals surface area (Å²) in [6.07, 6.45) is 2.13. The molecule has 1 saturated carbocycles. The minimum Gasteiger partial charge on any atom is -0.480 e. The Morgan fingerprint density at radius 2 is 1.48 bits per heavy atom. The van der Waals surface area contributed by atoms with Crippen molar-refractivity contribution < 1.29 is 24.2 Å². The van der Waals surface area contributed by atoms with Gasteiger partial charge in [0.05, 0.1) is 5.92 Å². The molecule has 1 heterocycles. The van der Waals surface area contributed by atoms with Crippen molar-refractivity contribution in [1.82, 2.24) is 15.5 Å². The van der Waals surface area contributed by atoms with Crippen LogP contribution >= 0.6 is 0 Å². The van der Waals surface area contributed by atoms with Crippen LogP contribution in [0.1, 0.15) is 54.7 Å². The van der Waals surface area contributed by atoms with E-state index in [0.29, 0.717) is 38.8 Å². The van der Waals surface area contributed by atoms with Gasteiger partial charge in [0.1, 0.15) is 12.1 Å².